The van der Waals surface area contributed by atoms with Crippen LogP contribution >= 0.6 is 15.9 Å². The van der Waals surface area contributed by atoms with E-state index < -0.39 is 0 Å². The van der Waals surface area contributed by atoms with E-state index in [0.717, 1.165) is 23.9 Å². The van der Waals surface area contributed by atoms with E-state index in [4.69, 9.17) is 10.6 Å². The molecular formula is C13H19BrN2O. The fourth-order valence-electron chi connectivity index (χ4n) is 2.39. The number of ether oxygens (including phenoxy) is 1. The Morgan fingerprint density at radius 2 is 2.29 bits per heavy atom. The second-order valence-electron chi connectivity index (χ2n) is 4.71. The van der Waals surface area contributed by atoms with Crippen LogP contribution in [0.1, 0.15) is 18.9 Å². The second-order valence-corrected chi connectivity index (χ2v) is 5.56. The maximum atomic E-state index is 5.68. The lowest BCUT2D eigenvalue weighted by Gasteiger charge is -2.22. The predicted octanol–water partition coefficient (Wildman–Crippen LogP) is 2.25. The van der Waals surface area contributed by atoms with Crippen molar-refractivity contribution < 1.29 is 4.74 Å². The molecular weight excluding hydrogens is 280 g/mol. The summed E-state index contributed by atoms with van der Waals surface area (Å²) >= 11 is 3.57. The Balaban J connectivity index is 2.03. The summed E-state index contributed by atoms with van der Waals surface area (Å²) in [4.78, 5) is 0. The molecule has 1 aromatic carbocycles. The summed E-state index contributed by atoms with van der Waals surface area (Å²) in [7, 11) is 0. The van der Waals surface area contributed by atoms with Crippen LogP contribution in [0.5, 0.6) is 0 Å². The lowest BCUT2D eigenvalue weighted by atomic mass is 9.92. The summed E-state index contributed by atoms with van der Waals surface area (Å²) in [6, 6.07) is 8.56. The Hall–Kier alpha value is -0.420. The maximum Gasteiger partial charge on any atom is 0.0551 e. The number of halogens is 1. The molecule has 1 fully saturated rings. The zero-order valence-corrected chi connectivity index (χ0v) is 11.6. The number of hydrazine groups is 1. The Morgan fingerprint density at radius 1 is 1.53 bits per heavy atom. The number of rotatable bonds is 4. The number of nitrogens with one attached hydrogen (secondary N) is 1. The summed E-state index contributed by atoms with van der Waals surface area (Å²) in [5.74, 6) is 6.18. The molecule has 1 aliphatic heterocycles. The molecule has 94 valence electrons. The van der Waals surface area contributed by atoms with Gasteiger partial charge in [-0.1, -0.05) is 34.1 Å². The van der Waals surface area contributed by atoms with E-state index in [1.807, 2.05) is 6.07 Å². The minimum absolute atomic E-state index is 0.277. The van der Waals surface area contributed by atoms with Crippen molar-refractivity contribution in [1.29, 1.82) is 0 Å². The molecule has 0 radical (unpaired) electrons. The van der Waals surface area contributed by atoms with Gasteiger partial charge in [-0.25, -0.2) is 0 Å². The van der Waals surface area contributed by atoms with Gasteiger partial charge in [0.2, 0.25) is 0 Å². The smallest absolute Gasteiger partial charge is 0.0551 e. The summed E-state index contributed by atoms with van der Waals surface area (Å²) in [5, 5.41) is 0. The first-order valence-corrected chi connectivity index (χ1v) is 6.81. The van der Waals surface area contributed by atoms with E-state index in [9.17, 15) is 0 Å². The van der Waals surface area contributed by atoms with Crippen LogP contribution in [0.25, 0.3) is 0 Å². The maximum absolute atomic E-state index is 5.68. The molecule has 0 bridgehead atoms. The number of hydrogen-bond donors (Lipinski definition) is 2. The van der Waals surface area contributed by atoms with Gasteiger partial charge in [0, 0.05) is 16.4 Å². The van der Waals surface area contributed by atoms with Crippen LogP contribution in [0, 0.1) is 5.92 Å². The van der Waals surface area contributed by atoms with E-state index in [0.29, 0.717) is 12.0 Å². The van der Waals surface area contributed by atoms with E-state index in [1.165, 1.54) is 5.56 Å². The van der Waals surface area contributed by atoms with Crippen LogP contribution in [-0.2, 0) is 11.2 Å². The molecule has 3 N–H and O–H groups in total. The molecule has 1 saturated heterocycles. The van der Waals surface area contributed by atoms with Crippen molar-refractivity contribution >= 4 is 15.9 Å². The van der Waals surface area contributed by atoms with Crippen LogP contribution in [-0.4, -0.2) is 18.8 Å². The third kappa shape index (κ3) is 3.28. The standard InChI is InChI=1S/C13H19BrN2O/c1-9-6-11(8-17-9)13(16-15)7-10-4-2-3-5-12(10)14/h2-5,9,11,13,16H,6-8,15H2,1H3. The van der Waals surface area contributed by atoms with Crippen LogP contribution < -0.4 is 11.3 Å². The molecule has 2 rings (SSSR count). The summed E-state index contributed by atoms with van der Waals surface area (Å²) in [5.41, 5.74) is 4.23. The van der Waals surface area contributed by atoms with Gasteiger partial charge in [0.1, 0.15) is 0 Å². The molecule has 4 heteroatoms. The third-order valence-corrected chi connectivity index (χ3v) is 4.18. The largest absolute Gasteiger partial charge is 0.378 e. The highest BCUT2D eigenvalue weighted by molar-refractivity contribution is 9.10. The van der Waals surface area contributed by atoms with Crippen molar-refractivity contribution in [2.45, 2.75) is 31.9 Å². The van der Waals surface area contributed by atoms with Gasteiger partial charge in [0.05, 0.1) is 12.7 Å². The molecule has 17 heavy (non-hydrogen) atoms. The molecule has 0 aliphatic carbocycles. The van der Waals surface area contributed by atoms with Gasteiger partial charge >= 0.3 is 0 Å². The molecule has 0 aromatic heterocycles. The van der Waals surface area contributed by atoms with E-state index in [-0.39, 0.29) is 6.04 Å². The fourth-order valence-corrected chi connectivity index (χ4v) is 2.84. The Bertz CT molecular complexity index is 372. The molecule has 0 spiro atoms. The van der Waals surface area contributed by atoms with Crippen molar-refractivity contribution in [3.05, 3.63) is 34.3 Å². The van der Waals surface area contributed by atoms with Gasteiger partial charge in [-0.3, -0.25) is 11.3 Å². The fraction of sp³-hybridized carbons (Fsp3) is 0.538. The van der Waals surface area contributed by atoms with Crippen molar-refractivity contribution in [3.8, 4) is 0 Å². The van der Waals surface area contributed by atoms with Gasteiger partial charge in [-0.15, -0.1) is 0 Å². The van der Waals surface area contributed by atoms with E-state index in [1.54, 1.807) is 0 Å². The lowest BCUT2D eigenvalue weighted by Crippen LogP contribution is -2.42. The summed E-state index contributed by atoms with van der Waals surface area (Å²) in [6.07, 6.45) is 2.37. The monoisotopic (exact) mass is 298 g/mol. The quantitative estimate of drug-likeness (QED) is 0.662. The minimum atomic E-state index is 0.277. The third-order valence-electron chi connectivity index (χ3n) is 3.41. The average molecular weight is 299 g/mol. The van der Waals surface area contributed by atoms with Crippen LogP contribution in [0.4, 0.5) is 0 Å². The minimum Gasteiger partial charge on any atom is -0.378 e. The topological polar surface area (TPSA) is 47.3 Å². The molecule has 0 saturated carbocycles. The molecule has 1 heterocycles. The second kappa shape index (κ2) is 5.96. The molecule has 0 amide bonds. The highest BCUT2D eigenvalue weighted by Gasteiger charge is 2.29. The Morgan fingerprint density at radius 3 is 2.88 bits per heavy atom. The van der Waals surface area contributed by atoms with Crippen molar-refractivity contribution in [1.82, 2.24) is 5.43 Å². The van der Waals surface area contributed by atoms with Gasteiger partial charge in [0.25, 0.3) is 0 Å². The summed E-state index contributed by atoms with van der Waals surface area (Å²) < 4.78 is 6.75. The van der Waals surface area contributed by atoms with Gasteiger partial charge in [-0.05, 0) is 31.4 Å². The first-order chi connectivity index (χ1) is 8.20. The molecule has 1 aromatic rings. The van der Waals surface area contributed by atoms with Crippen LogP contribution in [0.15, 0.2) is 28.7 Å². The molecule has 3 nitrogen and oxygen atoms in total. The highest BCUT2D eigenvalue weighted by Crippen LogP contribution is 2.26. The highest BCUT2D eigenvalue weighted by atomic mass is 79.9. The van der Waals surface area contributed by atoms with Crippen molar-refractivity contribution in [2.24, 2.45) is 11.8 Å². The zero-order chi connectivity index (χ0) is 12.3. The Kier molecular flexibility index (Phi) is 4.56. The summed E-state index contributed by atoms with van der Waals surface area (Å²) in [6.45, 7) is 2.92. The number of benzene rings is 1. The van der Waals surface area contributed by atoms with Crippen LogP contribution in [0.3, 0.4) is 0 Å². The zero-order valence-electron chi connectivity index (χ0n) is 10.0. The number of nitrogens with two attached hydrogens (primary N) is 1. The normalized spacial score (nSPS) is 26.1. The van der Waals surface area contributed by atoms with Crippen molar-refractivity contribution in [2.75, 3.05) is 6.61 Å². The molecule has 1 aliphatic rings. The van der Waals surface area contributed by atoms with Gasteiger partial charge < -0.3 is 4.74 Å². The van der Waals surface area contributed by atoms with E-state index >= 15 is 0 Å². The van der Waals surface area contributed by atoms with E-state index in [2.05, 4.69) is 46.5 Å². The number of hydrogen-bond acceptors (Lipinski definition) is 3. The SMILES string of the molecule is CC1CC(C(Cc2ccccc2Br)NN)CO1. The Labute approximate surface area is 111 Å². The predicted molar refractivity (Wildman–Crippen MR) is 72.5 cm³/mol. The molecule has 3 unspecified atom stereocenters. The first-order valence-electron chi connectivity index (χ1n) is 6.02. The van der Waals surface area contributed by atoms with Crippen molar-refractivity contribution in [3.63, 3.8) is 0 Å². The lowest BCUT2D eigenvalue weighted by molar-refractivity contribution is 0.117. The van der Waals surface area contributed by atoms with Crippen LogP contribution in [0.2, 0.25) is 0 Å². The van der Waals surface area contributed by atoms with Gasteiger partial charge in [0.15, 0.2) is 0 Å². The first kappa shape index (κ1) is 13.0. The average Bonchev–Trinajstić information content (AvgIpc) is 2.75. The van der Waals surface area contributed by atoms with Gasteiger partial charge in [-0.2, -0.15) is 0 Å². The molecule has 3 atom stereocenters.